The second-order valence-corrected chi connectivity index (χ2v) is 11.5. The molecule has 0 unspecified atom stereocenters. The van der Waals surface area contributed by atoms with Gasteiger partial charge >= 0.3 is 0 Å². The maximum absolute atomic E-state index is 5.00. The van der Waals surface area contributed by atoms with E-state index < -0.39 is 0 Å². The van der Waals surface area contributed by atoms with Gasteiger partial charge in [0.2, 0.25) is 0 Å². The van der Waals surface area contributed by atoms with Gasteiger partial charge in [-0.15, -0.1) is 0 Å². The standard InChI is InChI=1S/C41H32N2/c1-41(2,34-24-20-30(21-25-34)37-19-11-17-29-12-9-10-18-36(29)37)35-26-22-32(23-27-35)39-28-38(31-13-5-3-6-14-31)42-40(43-39)33-15-7-4-8-16-33/h3-28H,1-2H3. The van der Waals surface area contributed by atoms with Crippen molar-refractivity contribution in [3.8, 4) is 45.0 Å². The van der Waals surface area contributed by atoms with E-state index in [1.165, 1.54) is 33.0 Å². The van der Waals surface area contributed by atoms with Crippen LogP contribution in [0.1, 0.15) is 25.0 Å². The maximum Gasteiger partial charge on any atom is 0.160 e. The minimum absolute atomic E-state index is 0.161. The van der Waals surface area contributed by atoms with E-state index in [0.717, 1.165) is 33.9 Å². The summed E-state index contributed by atoms with van der Waals surface area (Å²) in [6.07, 6.45) is 0. The lowest BCUT2D eigenvalue weighted by Gasteiger charge is -2.26. The molecule has 1 heterocycles. The Morgan fingerprint density at radius 1 is 0.419 bits per heavy atom. The predicted octanol–water partition coefficient (Wildman–Crippen LogP) is 10.6. The van der Waals surface area contributed by atoms with Gasteiger partial charge in [-0.2, -0.15) is 0 Å². The van der Waals surface area contributed by atoms with Crippen LogP contribution in [-0.4, -0.2) is 9.97 Å². The van der Waals surface area contributed by atoms with Gasteiger partial charge in [-0.25, -0.2) is 9.97 Å². The van der Waals surface area contributed by atoms with Gasteiger partial charge in [0.25, 0.3) is 0 Å². The molecule has 0 N–H and O–H groups in total. The molecule has 0 amide bonds. The summed E-state index contributed by atoms with van der Waals surface area (Å²) >= 11 is 0. The highest BCUT2D eigenvalue weighted by molar-refractivity contribution is 5.96. The summed E-state index contributed by atoms with van der Waals surface area (Å²) in [7, 11) is 0. The molecular weight excluding hydrogens is 520 g/mol. The fourth-order valence-corrected chi connectivity index (χ4v) is 5.84. The topological polar surface area (TPSA) is 25.8 Å². The lowest BCUT2D eigenvalue weighted by atomic mass is 9.77. The van der Waals surface area contributed by atoms with Gasteiger partial charge in [0.1, 0.15) is 0 Å². The van der Waals surface area contributed by atoms with E-state index in [2.05, 4.69) is 135 Å². The number of hydrogen-bond acceptors (Lipinski definition) is 2. The number of benzene rings is 6. The fourth-order valence-electron chi connectivity index (χ4n) is 5.84. The third-order valence-corrected chi connectivity index (χ3v) is 8.44. The van der Waals surface area contributed by atoms with Crippen LogP contribution >= 0.6 is 0 Å². The van der Waals surface area contributed by atoms with Crippen molar-refractivity contribution in [2.45, 2.75) is 19.3 Å². The summed E-state index contributed by atoms with van der Waals surface area (Å²) in [5, 5.41) is 2.54. The third-order valence-electron chi connectivity index (χ3n) is 8.44. The van der Waals surface area contributed by atoms with Crippen LogP contribution in [0.2, 0.25) is 0 Å². The van der Waals surface area contributed by atoms with Crippen molar-refractivity contribution in [1.29, 1.82) is 0 Å². The first-order chi connectivity index (χ1) is 21.1. The maximum atomic E-state index is 5.00. The van der Waals surface area contributed by atoms with Gasteiger partial charge in [-0.05, 0) is 39.1 Å². The summed E-state index contributed by atoms with van der Waals surface area (Å²) < 4.78 is 0. The molecule has 7 aromatic rings. The zero-order valence-electron chi connectivity index (χ0n) is 24.4. The highest BCUT2D eigenvalue weighted by atomic mass is 14.9. The van der Waals surface area contributed by atoms with Crippen LogP contribution in [-0.2, 0) is 5.41 Å². The lowest BCUT2D eigenvalue weighted by molar-refractivity contribution is 0.641. The first kappa shape index (κ1) is 26.6. The summed E-state index contributed by atoms with van der Waals surface area (Å²) in [6.45, 7) is 4.58. The molecule has 6 aromatic carbocycles. The van der Waals surface area contributed by atoms with Crippen molar-refractivity contribution in [3.05, 3.63) is 169 Å². The second kappa shape index (κ2) is 11.2. The van der Waals surface area contributed by atoms with Gasteiger partial charge in [0, 0.05) is 22.1 Å². The van der Waals surface area contributed by atoms with E-state index >= 15 is 0 Å². The number of aromatic nitrogens is 2. The molecule has 2 heteroatoms. The Morgan fingerprint density at radius 3 is 1.53 bits per heavy atom. The van der Waals surface area contributed by atoms with Gasteiger partial charge in [0.05, 0.1) is 11.4 Å². The minimum Gasteiger partial charge on any atom is -0.228 e. The fraction of sp³-hybridized carbons (Fsp3) is 0.0732. The van der Waals surface area contributed by atoms with Crippen molar-refractivity contribution >= 4 is 10.8 Å². The molecule has 0 aliphatic carbocycles. The number of hydrogen-bond donors (Lipinski definition) is 0. The van der Waals surface area contributed by atoms with E-state index in [9.17, 15) is 0 Å². The van der Waals surface area contributed by atoms with Crippen molar-refractivity contribution in [3.63, 3.8) is 0 Å². The van der Waals surface area contributed by atoms with E-state index in [4.69, 9.17) is 9.97 Å². The number of nitrogens with zero attached hydrogens (tertiary/aromatic N) is 2. The van der Waals surface area contributed by atoms with Crippen LogP contribution in [0.5, 0.6) is 0 Å². The van der Waals surface area contributed by atoms with Crippen LogP contribution in [0.15, 0.2) is 158 Å². The van der Waals surface area contributed by atoms with E-state index in [-0.39, 0.29) is 5.41 Å². The zero-order chi connectivity index (χ0) is 29.2. The average molecular weight is 553 g/mol. The third kappa shape index (κ3) is 5.24. The number of fused-ring (bicyclic) bond motifs is 1. The Balaban J connectivity index is 1.21. The summed E-state index contributed by atoms with van der Waals surface area (Å²) in [4.78, 5) is 9.93. The Morgan fingerprint density at radius 2 is 0.907 bits per heavy atom. The lowest BCUT2D eigenvalue weighted by Crippen LogP contribution is -2.18. The van der Waals surface area contributed by atoms with Gasteiger partial charge in [0.15, 0.2) is 5.82 Å². The SMILES string of the molecule is CC(C)(c1ccc(-c2cc(-c3ccccc3)nc(-c3ccccc3)n2)cc1)c1ccc(-c2cccc3ccccc23)cc1. The second-order valence-electron chi connectivity index (χ2n) is 11.5. The van der Waals surface area contributed by atoms with E-state index in [1.54, 1.807) is 0 Å². The first-order valence-corrected chi connectivity index (χ1v) is 14.8. The molecule has 0 saturated carbocycles. The average Bonchev–Trinajstić information content (AvgIpc) is 3.09. The Hall–Kier alpha value is -5.34. The van der Waals surface area contributed by atoms with Crippen molar-refractivity contribution in [2.75, 3.05) is 0 Å². The quantitative estimate of drug-likeness (QED) is 0.205. The Bertz CT molecular complexity index is 1950. The molecule has 0 fully saturated rings. The highest BCUT2D eigenvalue weighted by Gasteiger charge is 2.23. The highest BCUT2D eigenvalue weighted by Crippen LogP contribution is 2.36. The summed E-state index contributed by atoms with van der Waals surface area (Å²) in [6, 6.07) is 55.6. The molecule has 0 radical (unpaired) electrons. The number of rotatable bonds is 6. The molecule has 0 bridgehead atoms. The molecule has 7 rings (SSSR count). The predicted molar refractivity (Wildman–Crippen MR) is 180 cm³/mol. The molecule has 206 valence electrons. The van der Waals surface area contributed by atoms with Crippen molar-refractivity contribution in [1.82, 2.24) is 9.97 Å². The molecule has 1 aromatic heterocycles. The van der Waals surface area contributed by atoms with Crippen molar-refractivity contribution in [2.24, 2.45) is 0 Å². The van der Waals surface area contributed by atoms with Crippen LogP contribution in [0.3, 0.4) is 0 Å². The molecule has 0 atom stereocenters. The normalized spacial score (nSPS) is 11.5. The zero-order valence-corrected chi connectivity index (χ0v) is 24.4. The molecule has 0 saturated heterocycles. The first-order valence-electron chi connectivity index (χ1n) is 14.8. The summed E-state index contributed by atoms with van der Waals surface area (Å²) in [5.74, 6) is 0.729. The largest absolute Gasteiger partial charge is 0.228 e. The monoisotopic (exact) mass is 552 g/mol. The molecular formula is C41H32N2. The van der Waals surface area contributed by atoms with Crippen LogP contribution in [0.4, 0.5) is 0 Å². The molecule has 0 aliphatic rings. The van der Waals surface area contributed by atoms with Crippen molar-refractivity contribution < 1.29 is 0 Å². The van der Waals surface area contributed by atoms with Gasteiger partial charge < -0.3 is 0 Å². The minimum atomic E-state index is -0.161. The molecule has 0 spiro atoms. The van der Waals surface area contributed by atoms with E-state index in [1.807, 2.05) is 36.4 Å². The molecule has 2 nitrogen and oxygen atoms in total. The van der Waals surface area contributed by atoms with E-state index in [0.29, 0.717) is 0 Å². The van der Waals surface area contributed by atoms with Gasteiger partial charge in [-0.3, -0.25) is 0 Å². The molecule has 43 heavy (non-hydrogen) atoms. The molecule has 0 aliphatic heterocycles. The van der Waals surface area contributed by atoms with Crippen LogP contribution < -0.4 is 0 Å². The van der Waals surface area contributed by atoms with Crippen LogP contribution in [0, 0.1) is 0 Å². The smallest absolute Gasteiger partial charge is 0.160 e. The Labute approximate surface area is 253 Å². The summed E-state index contributed by atoms with van der Waals surface area (Å²) in [5.41, 5.74) is 9.86. The van der Waals surface area contributed by atoms with Crippen LogP contribution in [0.25, 0.3) is 55.8 Å². The Kier molecular flexibility index (Phi) is 6.89. The van der Waals surface area contributed by atoms with Gasteiger partial charge in [-0.1, -0.05) is 166 Å².